The van der Waals surface area contributed by atoms with Crippen molar-refractivity contribution >= 4 is 22.5 Å². The van der Waals surface area contributed by atoms with Crippen molar-refractivity contribution in [3.8, 4) is 0 Å². The lowest BCUT2D eigenvalue weighted by atomic mass is 9.95. The van der Waals surface area contributed by atoms with Gasteiger partial charge in [-0.15, -0.1) is 0 Å². The number of aryl methyl sites for hydroxylation is 1. The third-order valence-electron chi connectivity index (χ3n) is 6.20. The number of amides is 1. The number of hydrogen-bond acceptors (Lipinski definition) is 4. The van der Waals surface area contributed by atoms with Crippen LogP contribution in [0.25, 0.3) is 10.9 Å². The highest BCUT2D eigenvalue weighted by atomic mass is 16.2. The van der Waals surface area contributed by atoms with Gasteiger partial charge in [0.25, 0.3) is 11.5 Å². The lowest BCUT2D eigenvalue weighted by Gasteiger charge is -2.42. The molecule has 1 aromatic carbocycles. The maximum atomic E-state index is 13.0. The average molecular weight is 388 g/mol. The molecule has 0 unspecified atom stereocenters. The predicted octanol–water partition coefficient (Wildman–Crippen LogP) is 2.98. The maximum Gasteiger partial charge on any atom is 0.274 e. The van der Waals surface area contributed by atoms with Crippen LogP contribution in [-0.2, 0) is 6.42 Å². The molecule has 0 radical (unpaired) electrons. The van der Waals surface area contributed by atoms with Crippen molar-refractivity contribution in [2.45, 2.75) is 31.7 Å². The van der Waals surface area contributed by atoms with E-state index in [4.69, 9.17) is 0 Å². The molecule has 6 heteroatoms. The first-order chi connectivity index (χ1) is 14.2. The summed E-state index contributed by atoms with van der Waals surface area (Å²) in [6, 6.07) is 12.7. The molecule has 6 nitrogen and oxygen atoms in total. The summed E-state index contributed by atoms with van der Waals surface area (Å²) in [6.45, 7) is 2.59. The number of benzene rings is 1. The van der Waals surface area contributed by atoms with Gasteiger partial charge in [-0.1, -0.05) is 18.2 Å². The Balaban J connectivity index is 1.30. The fourth-order valence-electron chi connectivity index (χ4n) is 4.70. The number of fused-ring (bicyclic) bond motifs is 2. The number of carbonyl (C=O) groups is 1. The van der Waals surface area contributed by atoms with Crippen molar-refractivity contribution in [2.24, 2.45) is 0 Å². The first-order valence-electron chi connectivity index (χ1n) is 10.3. The van der Waals surface area contributed by atoms with Gasteiger partial charge in [0.05, 0.1) is 5.56 Å². The van der Waals surface area contributed by atoms with Gasteiger partial charge < -0.3 is 14.8 Å². The van der Waals surface area contributed by atoms with Gasteiger partial charge in [0.15, 0.2) is 0 Å². The Hall–Kier alpha value is -3.15. The number of H-pyrrole nitrogens is 1. The summed E-state index contributed by atoms with van der Waals surface area (Å²) in [5.41, 5.74) is 3.49. The van der Waals surface area contributed by atoms with Crippen LogP contribution in [0.3, 0.4) is 0 Å². The molecule has 5 rings (SSSR count). The highest BCUT2D eigenvalue weighted by Gasteiger charge is 2.29. The average Bonchev–Trinajstić information content (AvgIpc) is 2.78. The lowest BCUT2D eigenvalue weighted by Crippen LogP contribution is -2.48. The van der Waals surface area contributed by atoms with E-state index in [1.165, 1.54) is 23.9 Å². The van der Waals surface area contributed by atoms with Gasteiger partial charge in [-0.05, 0) is 49.4 Å². The number of nitrogens with zero attached hydrogens (tertiary/aromatic N) is 3. The molecule has 2 aliphatic rings. The van der Waals surface area contributed by atoms with Crippen LogP contribution in [0, 0.1) is 0 Å². The summed E-state index contributed by atoms with van der Waals surface area (Å²) in [5, 5.41) is 0.694. The van der Waals surface area contributed by atoms with E-state index in [-0.39, 0.29) is 11.5 Å². The Morgan fingerprint density at radius 1 is 1.10 bits per heavy atom. The van der Waals surface area contributed by atoms with E-state index in [2.05, 4.69) is 39.1 Å². The van der Waals surface area contributed by atoms with Crippen molar-refractivity contribution in [3.63, 3.8) is 0 Å². The fraction of sp³-hybridized carbons (Fsp3) is 0.348. The molecule has 0 aliphatic carbocycles. The number of para-hydroxylation sites is 1. The minimum Gasteiger partial charge on any atom is -0.368 e. The molecule has 2 aliphatic heterocycles. The van der Waals surface area contributed by atoms with Gasteiger partial charge in [-0.25, -0.2) is 4.98 Å². The molecule has 2 aromatic heterocycles. The zero-order valence-electron chi connectivity index (χ0n) is 16.3. The smallest absolute Gasteiger partial charge is 0.274 e. The first-order valence-corrected chi connectivity index (χ1v) is 10.3. The second-order valence-electron chi connectivity index (χ2n) is 7.92. The fourth-order valence-corrected chi connectivity index (χ4v) is 4.70. The van der Waals surface area contributed by atoms with Crippen LogP contribution in [0.15, 0.2) is 53.6 Å². The second kappa shape index (κ2) is 7.35. The SMILES string of the molecule is O=C(c1cnc2c(=O)[nH]ccc2c1)N1CCC(N2CCCc3ccccc32)CC1. The number of piperidine rings is 1. The van der Waals surface area contributed by atoms with E-state index in [9.17, 15) is 9.59 Å². The van der Waals surface area contributed by atoms with Crippen LogP contribution >= 0.6 is 0 Å². The quantitative estimate of drug-likeness (QED) is 0.733. The Morgan fingerprint density at radius 2 is 1.93 bits per heavy atom. The molecule has 4 heterocycles. The summed E-state index contributed by atoms with van der Waals surface area (Å²) in [4.78, 5) is 36.1. The van der Waals surface area contributed by atoms with Crippen LogP contribution in [0.1, 0.15) is 35.2 Å². The zero-order valence-corrected chi connectivity index (χ0v) is 16.3. The molecular weight excluding hydrogens is 364 g/mol. The highest BCUT2D eigenvalue weighted by molar-refractivity contribution is 5.97. The molecule has 148 valence electrons. The van der Waals surface area contributed by atoms with Gasteiger partial charge in [0.2, 0.25) is 0 Å². The number of likely N-dealkylation sites (tertiary alicyclic amines) is 1. The predicted molar refractivity (Wildman–Crippen MR) is 113 cm³/mol. The van der Waals surface area contributed by atoms with Crippen molar-refractivity contribution in [1.82, 2.24) is 14.9 Å². The van der Waals surface area contributed by atoms with E-state index in [1.54, 1.807) is 18.3 Å². The maximum absolute atomic E-state index is 13.0. The Kier molecular flexibility index (Phi) is 4.54. The number of hydrogen-bond donors (Lipinski definition) is 1. The Labute approximate surface area is 169 Å². The lowest BCUT2D eigenvalue weighted by molar-refractivity contribution is 0.0711. The molecule has 3 aromatic rings. The minimum atomic E-state index is -0.232. The molecule has 1 N–H and O–H groups in total. The minimum absolute atomic E-state index is 0.00261. The van der Waals surface area contributed by atoms with Crippen molar-refractivity contribution in [3.05, 3.63) is 70.3 Å². The number of nitrogens with one attached hydrogen (secondary N) is 1. The monoisotopic (exact) mass is 388 g/mol. The van der Waals surface area contributed by atoms with Crippen LogP contribution in [0.2, 0.25) is 0 Å². The van der Waals surface area contributed by atoms with Crippen LogP contribution < -0.4 is 10.5 Å². The molecule has 29 heavy (non-hydrogen) atoms. The van der Waals surface area contributed by atoms with Crippen molar-refractivity contribution < 1.29 is 4.79 Å². The van der Waals surface area contributed by atoms with Crippen LogP contribution in [0.5, 0.6) is 0 Å². The number of pyridine rings is 2. The molecule has 0 saturated carbocycles. The van der Waals surface area contributed by atoms with E-state index in [0.29, 0.717) is 22.5 Å². The third-order valence-corrected chi connectivity index (χ3v) is 6.20. The number of rotatable bonds is 2. The van der Waals surface area contributed by atoms with Crippen LogP contribution in [0.4, 0.5) is 5.69 Å². The Morgan fingerprint density at radius 3 is 2.79 bits per heavy atom. The summed E-state index contributed by atoms with van der Waals surface area (Å²) < 4.78 is 0. The van der Waals surface area contributed by atoms with E-state index < -0.39 is 0 Å². The highest BCUT2D eigenvalue weighted by Crippen LogP contribution is 2.31. The molecule has 0 spiro atoms. The van der Waals surface area contributed by atoms with E-state index in [0.717, 1.165) is 38.9 Å². The van der Waals surface area contributed by atoms with Gasteiger partial charge in [-0.3, -0.25) is 9.59 Å². The molecular formula is C23H24N4O2. The Bertz CT molecular complexity index is 1120. The molecule has 1 fully saturated rings. The van der Waals surface area contributed by atoms with E-state index >= 15 is 0 Å². The van der Waals surface area contributed by atoms with Gasteiger partial charge in [0, 0.05) is 49.1 Å². The molecule has 0 atom stereocenters. The number of aromatic nitrogens is 2. The first kappa shape index (κ1) is 17.9. The van der Waals surface area contributed by atoms with Crippen molar-refractivity contribution in [1.29, 1.82) is 0 Å². The summed E-state index contributed by atoms with van der Waals surface area (Å²) in [7, 11) is 0. The molecule has 1 saturated heterocycles. The second-order valence-corrected chi connectivity index (χ2v) is 7.92. The zero-order chi connectivity index (χ0) is 19.8. The van der Waals surface area contributed by atoms with Gasteiger partial charge in [-0.2, -0.15) is 0 Å². The standard InChI is InChI=1S/C23H24N4O2/c28-22-21-17(7-10-24-22)14-18(15-25-21)23(29)26-12-8-19(9-13-26)27-11-3-5-16-4-1-2-6-20(16)27/h1-2,4,6-7,10,14-15,19H,3,5,8-9,11-13H2,(H,24,28). The van der Waals surface area contributed by atoms with Gasteiger partial charge in [0.1, 0.15) is 5.52 Å². The summed E-state index contributed by atoms with van der Waals surface area (Å²) in [5.74, 6) is -0.00261. The third kappa shape index (κ3) is 3.28. The normalized spacial score (nSPS) is 17.4. The van der Waals surface area contributed by atoms with Crippen LogP contribution in [-0.4, -0.2) is 46.5 Å². The van der Waals surface area contributed by atoms with Crippen molar-refractivity contribution in [2.75, 3.05) is 24.5 Å². The number of anilines is 1. The molecule has 0 bridgehead atoms. The number of carbonyl (C=O) groups excluding carboxylic acids is 1. The van der Waals surface area contributed by atoms with E-state index in [1.807, 2.05) is 4.90 Å². The van der Waals surface area contributed by atoms with Gasteiger partial charge >= 0.3 is 0 Å². The number of aromatic amines is 1. The molecule has 1 amide bonds. The summed E-state index contributed by atoms with van der Waals surface area (Å²) in [6.07, 6.45) is 7.40. The summed E-state index contributed by atoms with van der Waals surface area (Å²) >= 11 is 0. The topological polar surface area (TPSA) is 69.3 Å². The largest absolute Gasteiger partial charge is 0.368 e.